The van der Waals surface area contributed by atoms with Crippen molar-refractivity contribution in [2.45, 2.75) is 18.5 Å². The van der Waals surface area contributed by atoms with Crippen LogP contribution in [0.5, 0.6) is 0 Å². The minimum Gasteiger partial charge on any atom is -0.385 e. The number of anilines is 1. The van der Waals surface area contributed by atoms with Crippen LogP contribution in [-0.4, -0.2) is 28.1 Å². The lowest BCUT2D eigenvalue weighted by Crippen LogP contribution is -2.31. The maximum absolute atomic E-state index is 6.23. The Bertz CT molecular complexity index is 916. The highest BCUT2D eigenvalue weighted by molar-refractivity contribution is 7.80. The van der Waals surface area contributed by atoms with Gasteiger partial charge in [0.2, 0.25) is 0 Å². The highest BCUT2D eigenvalue weighted by atomic mass is 35.5. The maximum atomic E-state index is 6.23. The molecule has 2 aromatic heterocycles. The quantitative estimate of drug-likeness (QED) is 0.396. The molecule has 0 radical (unpaired) electrons. The predicted octanol–water partition coefficient (Wildman–Crippen LogP) is 5.27. The fraction of sp³-hybridized carbons (Fsp3) is 0.238. The molecule has 3 aromatic rings. The first-order chi connectivity index (χ1) is 13.7. The van der Waals surface area contributed by atoms with E-state index >= 15 is 0 Å². The summed E-state index contributed by atoms with van der Waals surface area (Å²) in [6.45, 7) is 1.74. The number of rotatable bonds is 7. The largest absolute Gasteiger partial charge is 0.385 e. The van der Waals surface area contributed by atoms with E-state index < -0.39 is 0 Å². The Hall–Kier alpha value is -2.15. The molecule has 0 aliphatic carbocycles. The molecule has 0 unspecified atom stereocenters. The molecule has 2 atom stereocenters. The minimum atomic E-state index is 0.0190. The molecule has 1 aliphatic rings. The summed E-state index contributed by atoms with van der Waals surface area (Å²) in [6, 6.07) is 20.4. The van der Waals surface area contributed by atoms with Crippen LogP contribution in [-0.2, 0) is 0 Å². The zero-order valence-corrected chi connectivity index (χ0v) is 17.6. The first-order valence-corrected chi connectivity index (χ1v) is 10.8. The Morgan fingerprint density at radius 2 is 1.93 bits per heavy atom. The maximum Gasteiger partial charge on any atom is 0.170 e. The van der Waals surface area contributed by atoms with E-state index in [1.54, 1.807) is 11.3 Å². The van der Waals surface area contributed by atoms with Gasteiger partial charge < -0.3 is 15.5 Å². The lowest BCUT2D eigenvalue weighted by Gasteiger charge is -2.27. The molecule has 4 nitrogen and oxygen atoms in total. The Morgan fingerprint density at radius 1 is 1.11 bits per heavy atom. The van der Waals surface area contributed by atoms with Crippen molar-refractivity contribution in [2.24, 2.45) is 0 Å². The van der Waals surface area contributed by atoms with E-state index in [2.05, 4.69) is 38.7 Å². The second-order valence-electron chi connectivity index (χ2n) is 6.61. The van der Waals surface area contributed by atoms with E-state index in [-0.39, 0.29) is 12.1 Å². The van der Waals surface area contributed by atoms with Gasteiger partial charge in [-0.05, 0) is 55.0 Å². The van der Waals surface area contributed by atoms with Gasteiger partial charge in [0.05, 0.1) is 22.1 Å². The van der Waals surface area contributed by atoms with Crippen molar-refractivity contribution >= 4 is 46.0 Å². The molecular weight excluding hydrogens is 408 g/mol. The lowest BCUT2D eigenvalue weighted by molar-refractivity contribution is 0.321. The number of halogens is 1. The lowest BCUT2D eigenvalue weighted by atomic mass is 10.0. The van der Waals surface area contributed by atoms with Crippen LogP contribution >= 0.6 is 35.2 Å². The summed E-state index contributed by atoms with van der Waals surface area (Å²) in [5.41, 5.74) is 2.13. The Balaban J connectivity index is 1.48. The van der Waals surface area contributed by atoms with Gasteiger partial charge in [0, 0.05) is 29.9 Å². The number of pyridine rings is 1. The fourth-order valence-electron chi connectivity index (χ4n) is 3.48. The third kappa shape index (κ3) is 4.29. The molecule has 0 saturated carbocycles. The smallest absolute Gasteiger partial charge is 0.170 e. The molecule has 3 heterocycles. The molecule has 7 heteroatoms. The van der Waals surface area contributed by atoms with Crippen molar-refractivity contribution in [3.8, 4) is 0 Å². The Labute approximate surface area is 179 Å². The minimum absolute atomic E-state index is 0.0190. The van der Waals surface area contributed by atoms with Gasteiger partial charge in [-0.1, -0.05) is 35.9 Å². The summed E-state index contributed by atoms with van der Waals surface area (Å²) in [5.74, 6) is 0. The van der Waals surface area contributed by atoms with Crippen molar-refractivity contribution in [1.82, 2.24) is 15.2 Å². The second-order valence-corrected chi connectivity index (χ2v) is 8.74. The molecule has 0 spiro atoms. The normalized spacial score (nSPS) is 18.9. The molecule has 2 N–H and O–H groups in total. The number of nitrogens with zero attached hydrogens (tertiary/aromatic N) is 2. The topological polar surface area (TPSA) is 40.2 Å². The van der Waals surface area contributed by atoms with Gasteiger partial charge in [0.1, 0.15) is 0 Å². The van der Waals surface area contributed by atoms with E-state index in [9.17, 15) is 0 Å². The highest BCUT2D eigenvalue weighted by Gasteiger charge is 2.40. The van der Waals surface area contributed by atoms with Crippen LogP contribution in [0.25, 0.3) is 0 Å². The second kappa shape index (κ2) is 8.90. The molecule has 1 aliphatic heterocycles. The highest BCUT2D eigenvalue weighted by Crippen LogP contribution is 2.42. The summed E-state index contributed by atoms with van der Waals surface area (Å²) in [7, 11) is 0. The zero-order valence-electron chi connectivity index (χ0n) is 15.2. The van der Waals surface area contributed by atoms with Crippen LogP contribution in [0.15, 0.2) is 66.9 Å². The van der Waals surface area contributed by atoms with Crippen LogP contribution < -0.4 is 10.6 Å². The van der Waals surface area contributed by atoms with Crippen LogP contribution in [0.2, 0.25) is 4.34 Å². The van der Waals surface area contributed by atoms with Crippen molar-refractivity contribution < 1.29 is 0 Å². The average Bonchev–Trinajstić information content (AvgIpc) is 3.29. The number of aromatic nitrogens is 1. The monoisotopic (exact) mass is 428 g/mol. The Morgan fingerprint density at radius 3 is 2.64 bits per heavy atom. The molecular formula is C21H21ClN4S2. The van der Waals surface area contributed by atoms with Crippen molar-refractivity contribution in [3.63, 3.8) is 0 Å². The number of hydrogen-bond acceptors (Lipinski definition) is 4. The summed E-state index contributed by atoms with van der Waals surface area (Å²) in [5, 5.41) is 7.71. The standard InChI is InChI=1S/C21H21ClN4S2/c22-18-11-10-17(28-18)20-19(16-9-4-5-12-24-16)25-21(27)26(20)14-6-13-23-15-7-2-1-3-8-15/h1-5,7-12,19-20,23H,6,13-14H2,(H,25,27)/t19-,20-/m0/s1. The number of benzene rings is 1. The third-order valence-electron chi connectivity index (χ3n) is 4.76. The van der Waals surface area contributed by atoms with Gasteiger partial charge in [0.15, 0.2) is 5.11 Å². The van der Waals surface area contributed by atoms with Crippen molar-refractivity contribution in [3.05, 3.63) is 81.8 Å². The van der Waals surface area contributed by atoms with Crippen molar-refractivity contribution in [1.29, 1.82) is 0 Å². The molecule has 28 heavy (non-hydrogen) atoms. The summed E-state index contributed by atoms with van der Waals surface area (Å²) in [6.07, 6.45) is 2.80. The van der Waals surface area contributed by atoms with Crippen LogP contribution in [0.4, 0.5) is 5.69 Å². The van der Waals surface area contributed by atoms with Crippen molar-refractivity contribution in [2.75, 3.05) is 18.4 Å². The van der Waals surface area contributed by atoms with Gasteiger partial charge in [-0.15, -0.1) is 11.3 Å². The molecule has 4 rings (SSSR count). The molecule has 0 bridgehead atoms. The fourth-order valence-corrected chi connectivity index (χ4v) is 5.02. The van der Waals surface area contributed by atoms with E-state index in [4.69, 9.17) is 23.8 Å². The molecule has 1 fully saturated rings. The number of nitrogens with one attached hydrogen (secondary N) is 2. The number of para-hydroxylation sites is 1. The van der Waals surface area contributed by atoms with E-state index in [0.717, 1.165) is 40.3 Å². The van der Waals surface area contributed by atoms with Gasteiger partial charge in [-0.2, -0.15) is 0 Å². The van der Waals surface area contributed by atoms with Crippen LogP contribution in [0.1, 0.15) is 29.1 Å². The number of thiophene rings is 1. The first-order valence-electron chi connectivity index (χ1n) is 9.24. The molecule has 1 saturated heterocycles. The van der Waals surface area contributed by atoms with E-state index in [1.807, 2.05) is 48.7 Å². The third-order valence-corrected chi connectivity index (χ3v) is 6.42. The first kappa shape index (κ1) is 19.2. The SMILES string of the molecule is S=C1N[C@@H](c2ccccn2)[C@H](c2ccc(Cl)s2)N1CCCNc1ccccc1. The van der Waals surface area contributed by atoms with Gasteiger partial charge in [0.25, 0.3) is 0 Å². The van der Waals surface area contributed by atoms with Crippen LogP contribution in [0, 0.1) is 0 Å². The van der Waals surface area contributed by atoms with E-state index in [0.29, 0.717) is 0 Å². The predicted molar refractivity (Wildman–Crippen MR) is 121 cm³/mol. The molecule has 0 amide bonds. The summed E-state index contributed by atoms with van der Waals surface area (Å²) >= 11 is 13.5. The summed E-state index contributed by atoms with van der Waals surface area (Å²) in [4.78, 5) is 8.02. The summed E-state index contributed by atoms with van der Waals surface area (Å²) < 4.78 is 0.790. The molecule has 144 valence electrons. The number of hydrogen-bond donors (Lipinski definition) is 2. The zero-order chi connectivity index (χ0) is 19.3. The van der Waals surface area contributed by atoms with Gasteiger partial charge >= 0.3 is 0 Å². The van der Waals surface area contributed by atoms with Crippen LogP contribution in [0.3, 0.4) is 0 Å². The van der Waals surface area contributed by atoms with Gasteiger partial charge in [-0.25, -0.2) is 0 Å². The number of thiocarbonyl (C=S) groups is 1. The Kier molecular flexibility index (Phi) is 6.10. The average molecular weight is 429 g/mol. The molecule has 1 aromatic carbocycles. The van der Waals surface area contributed by atoms with Gasteiger partial charge in [-0.3, -0.25) is 4.98 Å². The van der Waals surface area contributed by atoms with E-state index in [1.165, 1.54) is 4.88 Å².